The van der Waals surface area contributed by atoms with Crippen LogP contribution in [0.2, 0.25) is 0 Å². The molecular formula is C24H34N2O3. The molecule has 29 heavy (non-hydrogen) atoms. The Kier molecular flexibility index (Phi) is 7.04. The smallest absolute Gasteiger partial charge is 0.119 e. The highest BCUT2D eigenvalue weighted by atomic mass is 16.5. The predicted molar refractivity (Wildman–Crippen MR) is 118 cm³/mol. The molecule has 0 unspecified atom stereocenters. The molecule has 0 aliphatic carbocycles. The maximum Gasteiger partial charge on any atom is 0.119 e. The Labute approximate surface area is 174 Å². The number of β-amino-alcohol motifs (C(OH)–C–C–N with tert-alkyl or cyclic N) is 1. The van der Waals surface area contributed by atoms with Crippen LogP contribution < -0.4 is 14.4 Å². The molecule has 1 saturated heterocycles. The zero-order chi connectivity index (χ0) is 20.9. The lowest BCUT2D eigenvalue weighted by Gasteiger charge is -2.36. The molecule has 1 aliphatic rings. The average Bonchev–Trinajstić information content (AvgIpc) is 2.72. The van der Waals surface area contributed by atoms with Gasteiger partial charge in [-0.25, -0.2) is 0 Å². The van der Waals surface area contributed by atoms with Crippen LogP contribution in [0.15, 0.2) is 48.5 Å². The van der Waals surface area contributed by atoms with Gasteiger partial charge in [0.25, 0.3) is 0 Å². The molecule has 0 bridgehead atoms. The average molecular weight is 399 g/mol. The lowest BCUT2D eigenvalue weighted by atomic mass is 9.87. The molecule has 3 rings (SSSR count). The highest BCUT2D eigenvalue weighted by molar-refractivity contribution is 5.49. The summed E-state index contributed by atoms with van der Waals surface area (Å²) in [5.74, 6) is 1.69. The Morgan fingerprint density at radius 2 is 1.48 bits per heavy atom. The van der Waals surface area contributed by atoms with Crippen LogP contribution in [0.1, 0.15) is 26.3 Å². The van der Waals surface area contributed by atoms with E-state index in [0.717, 1.165) is 37.7 Å². The van der Waals surface area contributed by atoms with Crippen LogP contribution in [-0.2, 0) is 5.41 Å². The molecule has 5 nitrogen and oxygen atoms in total. The number of aliphatic hydroxyl groups excluding tert-OH is 1. The third-order valence-corrected chi connectivity index (χ3v) is 5.44. The molecule has 1 heterocycles. The first kappa shape index (κ1) is 21.5. The van der Waals surface area contributed by atoms with Gasteiger partial charge in [0.1, 0.15) is 24.2 Å². The van der Waals surface area contributed by atoms with Crippen molar-refractivity contribution in [1.29, 1.82) is 0 Å². The van der Waals surface area contributed by atoms with Crippen LogP contribution in [0.5, 0.6) is 11.5 Å². The van der Waals surface area contributed by atoms with Gasteiger partial charge in [0.05, 0.1) is 7.11 Å². The van der Waals surface area contributed by atoms with Gasteiger partial charge in [0.2, 0.25) is 0 Å². The number of ether oxygens (including phenoxy) is 2. The van der Waals surface area contributed by atoms with Crippen LogP contribution in [-0.4, -0.2) is 62.6 Å². The summed E-state index contributed by atoms with van der Waals surface area (Å²) in [6.45, 7) is 11.3. The molecule has 0 amide bonds. The lowest BCUT2D eigenvalue weighted by Crippen LogP contribution is -2.49. The zero-order valence-electron chi connectivity index (χ0n) is 18.1. The topological polar surface area (TPSA) is 45.2 Å². The first-order valence-electron chi connectivity index (χ1n) is 10.4. The van der Waals surface area contributed by atoms with Crippen molar-refractivity contribution in [3.8, 4) is 11.5 Å². The minimum absolute atomic E-state index is 0.131. The van der Waals surface area contributed by atoms with E-state index in [1.54, 1.807) is 7.11 Å². The Hall–Kier alpha value is -2.24. The van der Waals surface area contributed by atoms with Crippen molar-refractivity contribution in [3.63, 3.8) is 0 Å². The monoisotopic (exact) mass is 398 g/mol. The van der Waals surface area contributed by atoms with Crippen LogP contribution >= 0.6 is 0 Å². The number of nitrogens with zero attached hydrogens (tertiary/aromatic N) is 2. The van der Waals surface area contributed by atoms with E-state index >= 15 is 0 Å². The molecule has 2 aromatic carbocycles. The fraction of sp³-hybridized carbons (Fsp3) is 0.500. The second-order valence-corrected chi connectivity index (χ2v) is 8.72. The van der Waals surface area contributed by atoms with Crippen LogP contribution in [0.25, 0.3) is 0 Å². The second kappa shape index (κ2) is 9.51. The number of methoxy groups -OCH3 is 1. The van der Waals surface area contributed by atoms with Crippen molar-refractivity contribution in [2.75, 3.05) is 51.3 Å². The third-order valence-electron chi connectivity index (χ3n) is 5.44. The number of piperazine rings is 1. The van der Waals surface area contributed by atoms with E-state index in [1.807, 2.05) is 24.3 Å². The highest BCUT2D eigenvalue weighted by Crippen LogP contribution is 2.24. The summed E-state index contributed by atoms with van der Waals surface area (Å²) in [5.41, 5.74) is 2.62. The molecule has 158 valence electrons. The predicted octanol–water partition coefficient (Wildman–Crippen LogP) is 3.55. The van der Waals surface area contributed by atoms with E-state index in [2.05, 4.69) is 54.8 Å². The quantitative estimate of drug-likeness (QED) is 0.773. The van der Waals surface area contributed by atoms with Gasteiger partial charge in [0, 0.05) is 38.4 Å². The van der Waals surface area contributed by atoms with Crippen LogP contribution in [0.3, 0.4) is 0 Å². The van der Waals surface area contributed by atoms with Gasteiger partial charge in [-0.05, 0) is 47.4 Å². The SMILES string of the molecule is COc1ccc(N2CCN(C[C@@H](O)COc3ccc(C(C)(C)C)cc3)CC2)cc1. The minimum atomic E-state index is -0.496. The third kappa shape index (κ3) is 6.12. The Morgan fingerprint density at radius 1 is 0.897 bits per heavy atom. The number of rotatable bonds is 7. The summed E-state index contributed by atoms with van der Waals surface area (Å²) < 4.78 is 11.0. The number of hydrogen-bond acceptors (Lipinski definition) is 5. The molecule has 0 saturated carbocycles. The molecule has 1 atom stereocenters. The molecule has 0 aromatic heterocycles. The van der Waals surface area contributed by atoms with Crippen molar-refractivity contribution in [1.82, 2.24) is 4.90 Å². The van der Waals surface area contributed by atoms with Crippen molar-refractivity contribution in [3.05, 3.63) is 54.1 Å². The maximum atomic E-state index is 10.4. The molecule has 0 spiro atoms. The number of anilines is 1. The number of aliphatic hydroxyl groups is 1. The molecule has 1 fully saturated rings. The van der Waals surface area contributed by atoms with E-state index in [-0.39, 0.29) is 5.41 Å². The van der Waals surface area contributed by atoms with Crippen LogP contribution in [0, 0.1) is 0 Å². The normalized spacial score (nSPS) is 16.5. The lowest BCUT2D eigenvalue weighted by molar-refractivity contribution is 0.0663. The molecular weight excluding hydrogens is 364 g/mol. The van der Waals surface area contributed by atoms with Gasteiger partial charge in [0.15, 0.2) is 0 Å². The molecule has 1 aliphatic heterocycles. The molecule has 2 aromatic rings. The van der Waals surface area contributed by atoms with E-state index in [4.69, 9.17) is 9.47 Å². The summed E-state index contributed by atoms with van der Waals surface area (Å²) in [6.07, 6.45) is -0.496. The standard InChI is InChI=1S/C24H34N2O3/c1-24(2,3)19-5-9-23(10-6-19)29-18-21(27)17-25-13-15-26(16-14-25)20-7-11-22(28-4)12-8-20/h5-12,21,27H,13-18H2,1-4H3/t21-/m1/s1. The van der Waals surface area contributed by atoms with Gasteiger partial charge in [-0.2, -0.15) is 0 Å². The van der Waals surface area contributed by atoms with Crippen molar-refractivity contribution >= 4 is 5.69 Å². The number of benzene rings is 2. The van der Waals surface area contributed by atoms with Crippen LogP contribution in [0.4, 0.5) is 5.69 Å². The summed E-state index contributed by atoms with van der Waals surface area (Å²) in [7, 11) is 1.68. The Bertz CT molecular complexity index is 745. The van der Waals surface area contributed by atoms with Crippen molar-refractivity contribution < 1.29 is 14.6 Å². The van der Waals surface area contributed by atoms with Gasteiger partial charge in [-0.3, -0.25) is 4.90 Å². The van der Waals surface area contributed by atoms with Gasteiger partial charge >= 0.3 is 0 Å². The van der Waals surface area contributed by atoms with Gasteiger partial charge < -0.3 is 19.5 Å². The number of hydrogen-bond donors (Lipinski definition) is 1. The maximum absolute atomic E-state index is 10.4. The minimum Gasteiger partial charge on any atom is -0.497 e. The highest BCUT2D eigenvalue weighted by Gasteiger charge is 2.20. The zero-order valence-corrected chi connectivity index (χ0v) is 18.1. The van der Waals surface area contributed by atoms with E-state index in [0.29, 0.717) is 13.2 Å². The largest absolute Gasteiger partial charge is 0.497 e. The molecule has 1 N–H and O–H groups in total. The molecule has 5 heteroatoms. The summed E-state index contributed by atoms with van der Waals surface area (Å²) >= 11 is 0. The van der Waals surface area contributed by atoms with Gasteiger partial charge in [-0.1, -0.05) is 32.9 Å². The van der Waals surface area contributed by atoms with E-state index in [1.165, 1.54) is 11.3 Å². The van der Waals surface area contributed by atoms with Crippen molar-refractivity contribution in [2.45, 2.75) is 32.3 Å². The summed E-state index contributed by atoms with van der Waals surface area (Å²) in [6, 6.07) is 16.4. The fourth-order valence-electron chi connectivity index (χ4n) is 3.58. The summed E-state index contributed by atoms with van der Waals surface area (Å²) in [4.78, 5) is 4.67. The Balaban J connectivity index is 1.40. The van der Waals surface area contributed by atoms with Gasteiger partial charge in [-0.15, -0.1) is 0 Å². The fourth-order valence-corrected chi connectivity index (χ4v) is 3.58. The second-order valence-electron chi connectivity index (χ2n) is 8.72. The first-order valence-corrected chi connectivity index (χ1v) is 10.4. The van der Waals surface area contributed by atoms with E-state index < -0.39 is 6.10 Å². The van der Waals surface area contributed by atoms with Crippen molar-refractivity contribution in [2.24, 2.45) is 0 Å². The van der Waals surface area contributed by atoms with E-state index in [9.17, 15) is 5.11 Å². The molecule has 0 radical (unpaired) electrons. The summed E-state index contributed by atoms with van der Waals surface area (Å²) in [5, 5.41) is 10.4. The first-order chi connectivity index (χ1) is 13.8. The Morgan fingerprint density at radius 3 is 2.03 bits per heavy atom.